The molecular formula is C19H21NO4. The van der Waals surface area contributed by atoms with Crippen LogP contribution in [0.2, 0.25) is 0 Å². The van der Waals surface area contributed by atoms with E-state index in [1.165, 1.54) is 0 Å². The molecule has 2 aromatic rings. The number of hydrogen-bond acceptors (Lipinski definition) is 3. The Bertz CT molecular complexity index is 668. The van der Waals surface area contributed by atoms with Gasteiger partial charge < -0.3 is 15.2 Å². The molecule has 0 bridgehead atoms. The number of carboxylic acid groups (broad SMARTS) is 1. The maximum absolute atomic E-state index is 12.3. The number of anilines is 1. The highest BCUT2D eigenvalue weighted by atomic mass is 16.5. The quantitative estimate of drug-likeness (QED) is 0.725. The average Bonchev–Trinajstić information content (AvgIpc) is 2.60. The van der Waals surface area contributed by atoms with Crippen LogP contribution in [-0.4, -0.2) is 23.6 Å². The van der Waals surface area contributed by atoms with Crippen LogP contribution in [-0.2, 0) is 9.59 Å². The van der Waals surface area contributed by atoms with Crippen LogP contribution in [0.4, 0.5) is 5.69 Å². The zero-order valence-electron chi connectivity index (χ0n) is 13.6. The van der Waals surface area contributed by atoms with Crippen molar-refractivity contribution in [2.24, 2.45) is 0 Å². The van der Waals surface area contributed by atoms with Crippen molar-refractivity contribution in [2.45, 2.75) is 25.7 Å². The van der Waals surface area contributed by atoms with Crippen molar-refractivity contribution in [3.8, 4) is 5.75 Å². The van der Waals surface area contributed by atoms with Gasteiger partial charge in [0.15, 0.2) is 0 Å². The second-order valence-corrected chi connectivity index (χ2v) is 5.49. The number of benzene rings is 2. The molecule has 0 heterocycles. The Morgan fingerprint density at radius 2 is 1.75 bits per heavy atom. The number of carbonyl (C=O) groups excluding carboxylic acids is 1. The lowest BCUT2D eigenvalue weighted by molar-refractivity contribution is -0.137. The van der Waals surface area contributed by atoms with Crippen molar-refractivity contribution in [2.75, 3.05) is 11.9 Å². The highest BCUT2D eigenvalue weighted by Gasteiger charge is 2.14. The molecule has 0 aliphatic heterocycles. The first-order valence-electron chi connectivity index (χ1n) is 7.86. The molecule has 2 N–H and O–H groups in total. The standard InChI is InChI=1S/C19H21NO4/c1-14(15-6-3-2-4-7-15)19(23)20-16-9-11-17(12-10-16)24-13-5-8-18(21)22/h2-4,6-7,9-12,14H,5,8,13H2,1H3,(H,20,23)(H,21,22)/t14-/m0/s1. The van der Waals surface area contributed by atoms with E-state index in [1.54, 1.807) is 24.3 Å². The first kappa shape index (κ1) is 17.5. The molecule has 0 spiro atoms. The highest BCUT2D eigenvalue weighted by molar-refractivity contribution is 5.95. The lowest BCUT2D eigenvalue weighted by atomic mass is 10.0. The molecule has 0 unspecified atom stereocenters. The third kappa shape index (κ3) is 5.43. The molecule has 0 saturated heterocycles. The molecule has 0 aliphatic carbocycles. The summed E-state index contributed by atoms with van der Waals surface area (Å²) in [5.74, 6) is -0.492. The molecule has 126 valence electrons. The van der Waals surface area contributed by atoms with Gasteiger partial charge in [-0.15, -0.1) is 0 Å². The Morgan fingerprint density at radius 1 is 1.08 bits per heavy atom. The molecule has 2 aromatic carbocycles. The normalized spacial score (nSPS) is 11.5. The number of rotatable bonds is 8. The number of hydrogen-bond donors (Lipinski definition) is 2. The van der Waals surface area contributed by atoms with E-state index in [2.05, 4.69) is 5.32 Å². The minimum Gasteiger partial charge on any atom is -0.494 e. The van der Waals surface area contributed by atoms with Crippen molar-refractivity contribution in [1.82, 2.24) is 0 Å². The molecule has 1 amide bonds. The first-order valence-corrected chi connectivity index (χ1v) is 7.86. The van der Waals surface area contributed by atoms with Crippen LogP contribution in [0, 0.1) is 0 Å². The van der Waals surface area contributed by atoms with E-state index in [4.69, 9.17) is 9.84 Å². The van der Waals surface area contributed by atoms with Crippen molar-refractivity contribution >= 4 is 17.6 Å². The predicted octanol–water partition coefficient (Wildman–Crippen LogP) is 3.67. The summed E-state index contributed by atoms with van der Waals surface area (Å²) in [5.41, 5.74) is 1.66. The van der Waals surface area contributed by atoms with Gasteiger partial charge >= 0.3 is 5.97 Å². The molecule has 5 nitrogen and oxygen atoms in total. The summed E-state index contributed by atoms with van der Waals surface area (Å²) >= 11 is 0. The number of carbonyl (C=O) groups is 2. The summed E-state index contributed by atoms with van der Waals surface area (Å²) in [6.07, 6.45) is 0.550. The number of aliphatic carboxylic acids is 1. The van der Waals surface area contributed by atoms with Crippen molar-refractivity contribution in [3.05, 3.63) is 60.2 Å². The van der Waals surface area contributed by atoms with Gasteiger partial charge in [0.2, 0.25) is 5.91 Å². The third-order valence-corrected chi connectivity index (χ3v) is 3.62. The Balaban J connectivity index is 1.85. The third-order valence-electron chi connectivity index (χ3n) is 3.62. The number of amides is 1. The number of nitrogens with one attached hydrogen (secondary N) is 1. The summed E-state index contributed by atoms with van der Waals surface area (Å²) in [6, 6.07) is 16.6. The molecule has 1 atom stereocenters. The van der Waals surface area contributed by atoms with E-state index in [9.17, 15) is 9.59 Å². The van der Waals surface area contributed by atoms with Crippen molar-refractivity contribution in [3.63, 3.8) is 0 Å². The molecule has 0 aromatic heterocycles. The fourth-order valence-corrected chi connectivity index (χ4v) is 2.19. The lowest BCUT2D eigenvalue weighted by Gasteiger charge is -2.13. The largest absolute Gasteiger partial charge is 0.494 e. The summed E-state index contributed by atoms with van der Waals surface area (Å²) in [4.78, 5) is 22.7. The smallest absolute Gasteiger partial charge is 0.303 e. The molecule has 5 heteroatoms. The molecule has 24 heavy (non-hydrogen) atoms. The van der Waals surface area contributed by atoms with Gasteiger partial charge in [-0.2, -0.15) is 0 Å². The van der Waals surface area contributed by atoms with Gasteiger partial charge in [0.1, 0.15) is 5.75 Å². The zero-order valence-corrected chi connectivity index (χ0v) is 13.6. The zero-order chi connectivity index (χ0) is 17.4. The van der Waals surface area contributed by atoms with Crippen LogP contribution in [0.25, 0.3) is 0 Å². The van der Waals surface area contributed by atoms with Crippen molar-refractivity contribution in [1.29, 1.82) is 0 Å². The van der Waals surface area contributed by atoms with Crippen LogP contribution >= 0.6 is 0 Å². The maximum atomic E-state index is 12.3. The van der Waals surface area contributed by atoms with E-state index >= 15 is 0 Å². The van der Waals surface area contributed by atoms with Crippen molar-refractivity contribution < 1.29 is 19.4 Å². The van der Waals surface area contributed by atoms with Crippen LogP contribution in [0.15, 0.2) is 54.6 Å². The van der Waals surface area contributed by atoms with Gasteiger partial charge in [0.05, 0.1) is 12.5 Å². The maximum Gasteiger partial charge on any atom is 0.303 e. The second kappa shape index (κ2) is 8.72. The Kier molecular flexibility index (Phi) is 6.37. The summed E-state index contributed by atoms with van der Waals surface area (Å²) < 4.78 is 5.46. The van der Waals surface area contributed by atoms with E-state index < -0.39 is 5.97 Å². The van der Waals surface area contributed by atoms with Gasteiger partial charge in [-0.3, -0.25) is 9.59 Å². The molecule has 0 aliphatic rings. The fourth-order valence-electron chi connectivity index (χ4n) is 2.19. The van der Waals surface area contributed by atoms with Crippen LogP contribution < -0.4 is 10.1 Å². The number of ether oxygens (including phenoxy) is 1. The monoisotopic (exact) mass is 327 g/mol. The Labute approximate surface area is 141 Å². The van der Waals surface area contributed by atoms with Gasteiger partial charge in [-0.1, -0.05) is 30.3 Å². The minimum atomic E-state index is -0.829. The molecule has 0 saturated carbocycles. The predicted molar refractivity (Wildman–Crippen MR) is 92.3 cm³/mol. The topological polar surface area (TPSA) is 75.6 Å². The average molecular weight is 327 g/mol. The van der Waals surface area contributed by atoms with Crippen LogP contribution in [0.3, 0.4) is 0 Å². The van der Waals surface area contributed by atoms with Crippen LogP contribution in [0.1, 0.15) is 31.2 Å². The lowest BCUT2D eigenvalue weighted by Crippen LogP contribution is -2.18. The highest BCUT2D eigenvalue weighted by Crippen LogP contribution is 2.20. The summed E-state index contributed by atoms with van der Waals surface area (Å²) in [7, 11) is 0. The Morgan fingerprint density at radius 3 is 2.38 bits per heavy atom. The van der Waals surface area contributed by atoms with Gasteiger partial charge in [-0.25, -0.2) is 0 Å². The fraction of sp³-hybridized carbons (Fsp3) is 0.263. The van der Waals surface area contributed by atoms with E-state index in [0.29, 0.717) is 24.5 Å². The van der Waals surface area contributed by atoms with E-state index in [1.807, 2.05) is 37.3 Å². The summed E-state index contributed by atoms with van der Waals surface area (Å²) in [5, 5.41) is 11.4. The first-order chi connectivity index (χ1) is 11.6. The van der Waals surface area contributed by atoms with E-state index in [0.717, 1.165) is 5.56 Å². The van der Waals surface area contributed by atoms with Gasteiger partial charge in [0, 0.05) is 12.1 Å². The van der Waals surface area contributed by atoms with E-state index in [-0.39, 0.29) is 18.2 Å². The number of carboxylic acids is 1. The van der Waals surface area contributed by atoms with Crippen LogP contribution in [0.5, 0.6) is 5.75 Å². The SMILES string of the molecule is C[C@H](C(=O)Nc1ccc(OCCCC(=O)O)cc1)c1ccccc1. The van der Waals surface area contributed by atoms with Gasteiger partial charge in [-0.05, 0) is 43.2 Å². The second-order valence-electron chi connectivity index (χ2n) is 5.49. The van der Waals surface area contributed by atoms with Gasteiger partial charge in [0.25, 0.3) is 0 Å². The Hall–Kier alpha value is -2.82. The molecule has 0 fully saturated rings. The molecule has 2 rings (SSSR count). The molecule has 0 radical (unpaired) electrons. The summed E-state index contributed by atoms with van der Waals surface area (Å²) in [6.45, 7) is 2.22. The molecular weight excluding hydrogens is 306 g/mol. The minimum absolute atomic E-state index is 0.0728.